The van der Waals surface area contributed by atoms with E-state index in [-0.39, 0.29) is 0 Å². The third kappa shape index (κ3) is 1.44. The van der Waals surface area contributed by atoms with Crippen molar-refractivity contribution in [3.05, 3.63) is 30.5 Å². The Morgan fingerprint density at radius 1 is 1.27 bits per heavy atom. The first-order valence-electron chi connectivity index (χ1n) is 5.43. The number of fused-ring (bicyclic) bond motifs is 1. The minimum Gasteiger partial charge on any atom is -0.349 e. The van der Waals surface area contributed by atoms with E-state index in [1.807, 2.05) is 0 Å². The van der Waals surface area contributed by atoms with Gasteiger partial charge >= 0.3 is 0 Å². The lowest BCUT2D eigenvalue weighted by Gasteiger charge is -2.00. The fraction of sp³-hybridized carbons (Fsp3) is 0.308. The van der Waals surface area contributed by atoms with Gasteiger partial charge in [0.1, 0.15) is 0 Å². The Morgan fingerprint density at radius 2 is 2.13 bits per heavy atom. The van der Waals surface area contributed by atoms with Crippen LogP contribution in [0.2, 0.25) is 0 Å². The van der Waals surface area contributed by atoms with Crippen LogP contribution in [0.25, 0.3) is 10.9 Å². The van der Waals surface area contributed by atoms with Crippen LogP contribution in [0.4, 0.5) is 0 Å². The SMILES string of the molecule is Cn1cc(S2=CCCC2)c2ccccc21. The van der Waals surface area contributed by atoms with E-state index in [0.29, 0.717) is 10.5 Å². The smallest absolute Gasteiger partial charge is 0.0489 e. The second kappa shape index (κ2) is 3.53. The van der Waals surface area contributed by atoms with E-state index in [0.717, 1.165) is 0 Å². The van der Waals surface area contributed by atoms with Gasteiger partial charge in [0.15, 0.2) is 0 Å². The van der Waals surface area contributed by atoms with Gasteiger partial charge in [-0.05, 0) is 24.7 Å². The van der Waals surface area contributed by atoms with Crippen LogP contribution in [0, 0.1) is 0 Å². The molecule has 1 aliphatic heterocycles. The van der Waals surface area contributed by atoms with Crippen LogP contribution < -0.4 is 0 Å². The number of benzene rings is 1. The Labute approximate surface area is 92.6 Å². The molecule has 0 aliphatic carbocycles. The van der Waals surface area contributed by atoms with E-state index < -0.39 is 0 Å². The van der Waals surface area contributed by atoms with Crippen molar-refractivity contribution in [2.24, 2.45) is 7.05 Å². The van der Waals surface area contributed by atoms with Crippen LogP contribution in [0.15, 0.2) is 35.4 Å². The van der Waals surface area contributed by atoms with Crippen molar-refractivity contribution in [2.45, 2.75) is 17.7 Å². The number of hydrogen-bond acceptors (Lipinski definition) is 0. The normalized spacial score (nSPS) is 20.7. The molecule has 0 N–H and O–H groups in total. The molecule has 0 spiro atoms. The number of para-hydroxylation sites is 1. The molecule has 3 rings (SSSR count). The van der Waals surface area contributed by atoms with Crippen molar-refractivity contribution in [2.75, 3.05) is 5.75 Å². The lowest BCUT2D eigenvalue weighted by atomic mass is 10.2. The minimum absolute atomic E-state index is 0.410. The van der Waals surface area contributed by atoms with E-state index in [1.165, 1.54) is 29.5 Å². The van der Waals surface area contributed by atoms with Crippen LogP contribution in [0.3, 0.4) is 0 Å². The Kier molecular flexibility index (Phi) is 2.17. The average Bonchev–Trinajstić information content (AvgIpc) is 2.87. The quantitative estimate of drug-likeness (QED) is 0.645. The van der Waals surface area contributed by atoms with Gasteiger partial charge in [-0.3, -0.25) is 0 Å². The predicted molar refractivity (Wildman–Crippen MR) is 68.9 cm³/mol. The van der Waals surface area contributed by atoms with E-state index in [2.05, 4.69) is 47.4 Å². The molecule has 1 unspecified atom stereocenters. The molecule has 1 aromatic carbocycles. The zero-order valence-corrected chi connectivity index (χ0v) is 9.76. The summed E-state index contributed by atoms with van der Waals surface area (Å²) in [7, 11) is 2.55. The molecule has 1 aromatic heterocycles. The molecule has 1 aliphatic rings. The summed E-state index contributed by atoms with van der Waals surface area (Å²) in [6.07, 6.45) is 4.98. The molecule has 0 amide bonds. The maximum absolute atomic E-state index is 2.50. The standard InChI is InChI=1S/C13H15NS/c1-14-10-13(15-8-4-5-9-15)11-6-2-3-7-12(11)14/h2-3,6-8,10H,4-5,9H2,1H3. The molecule has 1 atom stereocenters. The molecule has 2 aromatic rings. The van der Waals surface area contributed by atoms with Gasteiger partial charge in [0.2, 0.25) is 0 Å². The molecule has 1 nitrogen and oxygen atoms in total. The van der Waals surface area contributed by atoms with Crippen LogP contribution in [0.1, 0.15) is 12.8 Å². The maximum Gasteiger partial charge on any atom is 0.0489 e. The summed E-state index contributed by atoms with van der Waals surface area (Å²) in [6, 6.07) is 8.72. The number of hydrogen-bond donors (Lipinski definition) is 0. The Balaban J connectivity index is 2.26. The topological polar surface area (TPSA) is 4.93 Å². The third-order valence-electron chi connectivity index (χ3n) is 3.03. The summed E-state index contributed by atoms with van der Waals surface area (Å²) >= 11 is 0. The number of rotatable bonds is 1. The van der Waals surface area contributed by atoms with Gasteiger partial charge in [-0.25, -0.2) is 0 Å². The third-order valence-corrected chi connectivity index (χ3v) is 5.29. The predicted octanol–water partition coefficient (Wildman–Crippen LogP) is 3.40. The first kappa shape index (κ1) is 9.22. The lowest BCUT2D eigenvalue weighted by Crippen LogP contribution is -1.81. The van der Waals surface area contributed by atoms with E-state index >= 15 is 0 Å². The van der Waals surface area contributed by atoms with Gasteiger partial charge in [0.05, 0.1) is 0 Å². The summed E-state index contributed by atoms with van der Waals surface area (Å²) < 4.78 is 2.25. The second-order valence-corrected chi connectivity index (χ2v) is 6.10. The van der Waals surface area contributed by atoms with Crippen LogP contribution in [-0.4, -0.2) is 15.7 Å². The summed E-state index contributed by atoms with van der Waals surface area (Å²) in [5.74, 6) is 1.36. The van der Waals surface area contributed by atoms with Crippen LogP contribution >= 0.6 is 10.5 Å². The Bertz CT molecular complexity index is 536. The molecule has 0 saturated heterocycles. The Morgan fingerprint density at radius 3 is 2.93 bits per heavy atom. The van der Waals surface area contributed by atoms with Gasteiger partial charge in [0, 0.05) is 29.0 Å². The van der Waals surface area contributed by atoms with Gasteiger partial charge in [0.25, 0.3) is 0 Å². The molecule has 0 saturated carbocycles. The van der Waals surface area contributed by atoms with Crippen molar-refractivity contribution in [1.82, 2.24) is 4.57 Å². The maximum atomic E-state index is 2.50. The zero-order valence-electron chi connectivity index (χ0n) is 8.94. The second-order valence-electron chi connectivity index (χ2n) is 4.06. The highest BCUT2D eigenvalue weighted by Gasteiger charge is 2.11. The summed E-state index contributed by atoms with van der Waals surface area (Å²) in [6.45, 7) is 0. The molecule has 0 bridgehead atoms. The number of aromatic nitrogens is 1. The van der Waals surface area contributed by atoms with Gasteiger partial charge in [-0.2, -0.15) is 10.5 Å². The van der Waals surface area contributed by atoms with Gasteiger partial charge in [-0.15, -0.1) is 0 Å². The first-order valence-corrected chi connectivity index (χ1v) is 6.89. The van der Waals surface area contributed by atoms with Gasteiger partial charge in [-0.1, -0.05) is 23.6 Å². The van der Waals surface area contributed by atoms with E-state index in [4.69, 9.17) is 0 Å². The highest BCUT2D eigenvalue weighted by molar-refractivity contribution is 8.15. The Hall–Kier alpha value is -1.02. The highest BCUT2D eigenvalue weighted by Crippen LogP contribution is 2.37. The summed E-state index contributed by atoms with van der Waals surface area (Å²) in [5, 5.41) is 3.95. The lowest BCUT2D eigenvalue weighted by molar-refractivity contribution is 0.957. The molecule has 0 fully saturated rings. The van der Waals surface area contributed by atoms with Gasteiger partial charge < -0.3 is 4.57 Å². The monoisotopic (exact) mass is 217 g/mol. The molecule has 2 heterocycles. The first-order chi connectivity index (χ1) is 7.36. The average molecular weight is 217 g/mol. The number of aryl methyl sites for hydroxylation is 1. The highest BCUT2D eigenvalue weighted by atomic mass is 32.2. The molecular weight excluding hydrogens is 202 g/mol. The van der Waals surface area contributed by atoms with Crippen molar-refractivity contribution >= 4 is 26.8 Å². The van der Waals surface area contributed by atoms with Crippen molar-refractivity contribution in [1.29, 1.82) is 0 Å². The van der Waals surface area contributed by atoms with Crippen LogP contribution in [-0.2, 0) is 7.05 Å². The fourth-order valence-corrected chi connectivity index (χ4v) is 4.50. The molecular formula is C13H15NS. The molecule has 2 heteroatoms. The summed E-state index contributed by atoms with van der Waals surface area (Å²) in [4.78, 5) is 1.55. The van der Waals surface area contributed by atoms with Crippen LogP contribution in [0.5, 0.6) is 0 Å². The van der Waals surface area contributed by atoms with Crippen molar-refractivity contribution in [3.63, 3.8) is 0 Å². The van der Waals surface area contributed by atoms with Crippen molar-refractivity contribution in [3.8, 4) is 0 Å². The number of nitrogens with zero attached hydrogens (tertiary/aromatic N) is 1. The molecule has 15 heavy (non-hydrogen) atoms. The van der Waals surface area contributed by atoms with E-state index in [1.54, 1.807) is 4.90 Å². The molecule has 78 valence electrons. The minimum atomic E-state index is 0.410. The summed E-state index contributed by atoms with van der Waals surface area (Å²) in [5.41, 5.74) is 1.36. The largest absolute Gasteiger partial charge is 0.349 e. The fourth-order valence-electron chi connectivity index (χ4n) is 2.26. The zero-order chi connectivity index (χ0) is 10.3. The molecule has 0 radical (unpaired) electrons. The van der Waals surface area contributed by atoms with E-state index in [9.17, 15) is 0 Å². The van der Waals surface area contributed by atoms with Crippen molar-refractivity contribution < 1.29 is 0 Å².